The third-order valence-corrected chi connectivity index (χ3v) is 8.04. The second-order valence-corrected chi connectivity index (χ2v) is 9.85. The Balaban J connectivity index is 1.80. The van der Waals surface area contributed by atoms with Crippen molar-refractivity contribution in [2.24, 2.45) is 0 Å². The van der Waals surface area contributed by atoms with Crippen molar-refractivity contribution in [2.75, 3.05) is 0 Å². The van der Waals surface area contributed by atoms with Crippen LogP contribution in [0.25, 0.3) is 10.9 Å². The molecule has 152 valence electrons. The summed E-state index contributed by atoms with van der Waals surface area (Å²) in [7, 11) is -3.84. The van der Waals surface area contributed by atoms with Crippen LogP contribution < -0.4 is 5.56 Å². The summed E-state index contributed by atoms with van der Waals surface area (Å²) in [5.41, 5.74) is 1.93. The van der Waals surface area contributed by atoms with Crippen LogP contribution in [-0.4, -0.2) is 23.7 Å². The Bertz CT molecular complexity index is 1210. The molecule has 0 radical (unpaired) electrons. The average Bonchev–Trinajstić information content (AvgIpc) is 3.21. The van der Waals surface area contributed by atoms with Crippen molar-refractivity contribution in [1.82, 2.24) is 9.29 Å². The van der Waals surface area contributed by atoms with Gasteiger partial charge < -0.3 is 4.98 Å². The van der Waals surface area contributed by atoms with Crippen LogP contribution in [0.1, 0.15) is 36.8 Å². The van der Waals surface area contributed by atoms with Crippen molar-refractivity contribution in [2.45, 2.75) is 50.1 Å². The molecule has 1 N–H and O–H groups in total. The van der Waals surface area contributed by atoms with E-state index in [1.54, 1.807) is 24.3 Å². The van der Waals surface area contributed by atoms with Gasteiger partial charge in [-0.05, 0) is 48.9 Å². The summed E-state index contributed by atoms with van der Waals surface area (Å²) in [4.78, 5) is 15.8. The summed E-state index contributed by atoms with van der Waals surface area (Å²) in [5.74, 6) is 0. The zero-order valence-electron chi connectivity index (χ0n) is 16.2. The van der Waals surface area contributed by atoms with Crippen LogP contribution in [0.15, 0.2) is 58.2 Å². The average molecular weight is 431 g/mol. The molecule has 1 aliphatic rings. The Morgan fingerprint density at radius 3 is 2.55 bits per heavy atom. The van der Waals surface area contributed by atoms with E-state index < -0.39 is 10.0 Å². The largest absolute Gasteiger partial charge is 0.321 e. The number of hydrogen-bond acceptors (Lipinski definition) is 3. The molecule has 1 heterocycles. The topological polar surface area (TPSA) is 70.2 Å². The standard InChI is InChI=1S/C22H23ClN2O3S/c1-15-7-6-8-16-13-17(22(26)24-21(15)16)14-25(18-9-2-3-10-18)29(27,28)20-12-5-4-11-19(20)23/h4-8,11-13,18H,2-3,9-10,14H2,1H3,(H,24,26). The molecule has 0 amide bonds. The van der Waals surface area contributed by atoms with E-state index in [4.69, 9.17) is 11.6 Å². The molecule has 0 saturated heterocycles. The zero-order valence-corrected chi connectivity index (χ0v) is 17.8. The molecule has 0 bridgehead atoms. The highest BCUT2D eigenvalue weighted by atomic mass is 35.5. The first-order valence-electron chi connectivity index (χ1n) is 9.76. The molecule has 0 unspecified atom stereocenters. The Labute approximate surface area is 175 Å². The minimum absolute atomic E-state index is 0.0252. The first-order chi connectivity index (χ1) is 13.9. The highest BCUT2D eigenvalue weighted by Crippen LogP contribution is 2.32. The molecule has 0 atom stereocenters. The van der Waals surface area contributed by atoms with Crippen molar-refractivity contribution in [3.8, 4) is 0 Å². The van der Waals surface area contributed by atoms with Crippen LogP contribution in [0.4, 0.5) is 0 Å². The minimum Gasteiger partial charge on any atom is -0.321 e. The van der Waals surface area contributed by atoms with Crippen molar-refractivity contribution >= 4 is 32.5 Å². The number of para-hydroxylation sites is 1. The quantitative estimate of drug-likeness (QED) is 0.641. The van der Waals surface area contributed by atoms with Gasteiger partial charge in [0.15, 0.2) is 0 Å². The van der Waals surface area contributed by atoms with Crippen molar-refractivity contribution < 1.29 is 8.42 Å². The number of aromatic nitrogens is 1. The van der Waals surface area contributed by atoms with E-state index in [-0.39, 0.29) is 28.1 Å². The molecular formula is C22H23ClN2O3S. The molecule has 29 heavy (non-hydrogen) atoms. The van der Waals surface area contributed by atoms with Crippen LogP contribution in [0, 0.1) is 6.92 Å². The molecule has 4 rings (SSSR count). The molecule has 0 aliphatic heterocycles. The van der Waals surface area contributed by atoms with Gasteiger partial charge in [0.25, 0.3) is 5.56 Å². The third-order valence-electron chi connectivity index (χ3n) is 5.65. The molecule has 0 spiro atoms. The minimum atomic E-state index is -3.84. The van der Waals surface area contributed by atoms with Crippen LogP contribution in [0.5, 0.6) is 0 Å². The lowest BCUT2D eigenvalue weighted by Gasteiger charge is -2.28. The molecular weight excluding hydrogens is 408 g/mol. The molecule has 5 nitrogen and oxygen atoms in total. The molecule has 1 fully saturated rings. The maximum atomic E-state index is 13.5. The number of rotatable bonds is 5. The summed E-state index contributed by atoms with van der Waals surface area (Å²) in [5, 5.41) is 1.08. The number of sulfonamides is 1. The van der Waals surface area contributed by atoms with Gasteiger partial charge in [0.2, 0.25) is 10.0 Å². The lowest BCUT2D eigenvalue weighted by atomic mass is 10.1. The normalized spacial score (nSPS) is 15.4. The fourth-order valence-electron chi connectivity index (χ4n) is 4.10. The van der Waals surface area contributed by atoms with Gasteiger partial charge in [-0.25, -0.2) is 8.42 Å². The van der Waals surface area contributed by atoms with Crippen LogP contribution >= 0.6 is 11.6 Å². The van der Waals surface area contributed by atoms with E-state index in [0.717, 1.165) is 42.1 Å². The van der Waals surface area contributed by atoms with Crippen molar-refractivity contribution in [3.05, 3.63) is 75.0 Å². The fourth-order valence-corrected chi connectivity index (χ4v) is 6.25. The van der Waals surface area contributed by atoms with E-state index >= 15 is 0 Å². The summed E-state index contributed by atoms with van der Waals surface area (Å²) in [6, 6.07) is 13.9. The number of nitrogens with one attached hydrogen (secondary N) is 1. The van der Waals surface area contributed by atoms with Crippen LogP contribution in [-0.2, 0) is 16.6 Å². The van der Waals surface area contributed by atoms with Crippen molar-refractivity contribution in [1.29, 1.82) is 0 Å². The number of aromatic amines is 1. The molecule has 1 aliphatic carbocycles. The van der Waals surface area contributed by atoms with Crippen LogP contribution in [0.3, 0.4) is 0 Å². The number of aryl methyl sites for hydroxylation is 1. The molecule has 3 aromatic rings. The van der Waals surface area contributed by atoms with E-state index in [0.29, 0.717) is 5.56 Å². The van der Waals surface area contributed by atoms with Crippen LogP contribution in [0.2, 0.25) is 5.02 Å². The lowest BCUT2D eigenvalue weighted by molar-refractivity contribution is 0.315. The van der Waals surface area contributed by atoms with Gasteiger partial charge in [-0.1, -0.05) is 54.8 Å². The fraction of sp³-hybridized carbons (Fsp3) is 0.318. The van der Waals surface area contributed by atoms with Gasteiger partial charge in [0.1, 0.15) is 4.90 Å². The number of benzene rings is 2. The first-order valence-corrected chi connectivity index (χ1v) is 11.6. The van der Waals surface area contributed by atoms with Gasteiger partial charge in [-0.3, -0.25) is 4.79 Å². The van der Waals surface area contributed by atoms with Gasteiger partial charge in [-0.15, -0.1) is 0 Å². The smallest absolute Gasteiger partial charge is 0.252 e. The second-order valence-electron chi connectivity index (χ2n) is 7.58. The predicted octanol–water partition coefficient (Wildman–Crippen LogP) is 4.62. The lowest BCUT2D eigenvalue weighted by Crippen LogP contribution is -2.39. The molecule has 7 heteroatoms. The van der Waals surface area contributed by atoms with Gasteiger partial charge >= 0.3 is 0 Å². The molecule has 1 aromatic heterocycles. The number of H-pyrrole nitrogens is 1. The summed E-state index contributed by atoms with van der Waals surface area (Å²) in [6.45, 7) is 1.96. The van der Waals surface area contributed by atoms with E-state index in [1.807, 2.05) is 25.1 Å². The number of fused-ring (bicyclic) bond motifs is 1. The summed E-state index contributed by atoms with van der Waals surface area (Å²) >= 11 is 6.22. The summed E-state index contributed by atoms with van der Waals surface area (Å²) < 4.78 is 28.5. The number of hydrogen-bond donors (Lipinski definition) is 1. The Hall–Kier alpha value is -2.15. The molecule has 2 aromatic carbocycles. The third kappa shape index (κ3) is 3.84. The van der Waals surface area contributed by atoms with Gasteiger partial charge in [0.05, 0.1) is 10.5 Å². The van der Waals surface area contributed by atoms with E-state index in [2.05, 4.69) is 4.98 Å². The molecule has 1 saturated carbocycles. The van der Waals surface area contributed by atoms with Crippen molar-refractivity contribution in [3.63, 3.8) is 0 Å². The second kappa shape index (κ2) is 7.94. The number of nitrogens with zero attached hydrogens (tertiary/aromatic N) is 1. The first kappa shape index (κ1) is 20.1. The predicted molar refractivity (Wildman–Crippen MR) is 116 cm³/mol. The highest BCUT2D eigenvalue weighted by molar-refractivity contribution is 7.89. The Kier molecular flexibility index (Phi) is 5.51. The Morgan fingerprint density at radius 1 is 1.10 bits per heavy atom. The monoisotopic (exact) mass is 430 g/mol. The highest BCUT2D eigenvalue weighted by Gasteiger charge is 2.35. The SMILES string of the molecule is Cc1cccc2cc(CN(C3CCCC3)S(=O)(=O)c3ccccc3Cl)c(=O)[nH]c12. The van der Waals surface area contributed by atoms with E-state index in [1.165, 1.54) is 10.4 Å². The number of pyridine rings is 1. The van der Waals surface area contributed by atoms with Gasteiger partial charge in [-0.2, -0.15) is 4.31 Å². The Morgan fingerprint density at radius 2 is 1.83 bits per heavy atom. The maximum absolute atomic E-state index is 13.5. The maximum Gasteiger partial charge on any atom is 0.252 e. The summed E-state index contributed by atoms with van der Waals surface area (Å²) in [6.07, 6.45) is 3.53. The van der Waals surface area contributed by atoms with Gasteiger partial charge in [0, 0.05) is 18.2 Å². The number of halogens is 1. The van der Waals surface area contributed by atoms with E-state index in [9.17, 15) is 13.2 Å². The zero-order chi connectivity index (χ0) is 20.6.